The molecule has 1 aliphatic heterocycles. The van der Waals surface area contributed by atoms with Gasteiger partial charge in [0.05, 0.1) is 5.41 Å². The van der Waals surface area contributed by atoms with Crippen LogP contribution in [0.15, 0.2) is 133 Å². The molecule has 1 heterocycles. The lowest BCUT2D eigenvalue weighted by molar-refractivity contribution is 0.436. The van der Waals surface area contributed by atoms with E-state index in [2.05, 4.69) is 139 Å². The van der Waals surface area contributed by atoms with E-state index in [4.69, 9.17) is 4.74 Å². The molecular weight excluding hydrogens is 450 g/mol. The van der Waals surface area contributed by atoms with Gasteiger partial charge in [-0.3, -0.25) is 0 Å². The molecule has 0 atom stereocenters. The number of fused-ring (bicyclic) bond motifs is 10. The highest BCUT2D eigenvalue weighted by Crippen LogP contribution is 2.63. The van der Waals surface area contributed by atoms with Gasteiger partial charge in [0, 0.05) is 28.1 Å². The molecule has 0 unspecified atom stereocenters. The normalized spacial score (nSPS) is 13.8. The molecule has 37 heavy (non-hydrogen) atoms. The largest absolute Gasteiger partial charge is 0.457 e. The summed E-state index contributed by atoms with van der Waals surface area (Å²) in [7, 11) is 0. The van der Waals surface area contributed by atoms with Gasteiger partial charge in [-0.2, -0.15) is 0 Å². The van der Waals surface area contributed by atoms with Crippen LogP contribution in [0.3, 0.4) is 0 Å². The van der Waals surface area contributed by atoms with Crippen molar-refractivity contribution >= 4 is 22.1 Å². The van der Waals surface area contributed by atoms with Gasteiger partial charge in [0.2, 0.25) is 0 Å². The fourth-order valence-corrected chi connectivity index (χ4v) is 6.43. The lowest BCUT2D eigenvalue weighted by Crippen LogP contribution is -2.32. The smallest absolute Gasteiger partial charge is 0.132 e. The van der Waals surface area contributed by atoms with Crippen LogP contribution in [0.2, 0.25) is 0 Å². The Kier molecular flexibility index (Phi) is 4.18. The lowest BCUT2D eigenvalue weighted by atomic mass is 9.66. The molecule has 6 aromatic rings. The molecule has 0 saturated carbocycles. The zero-order valence-corrected chi connectivity index (χ0v) is 20.1. The number of benzene rings is 6. The molecule has 8 rings (SSSR count). The maximum Gasteiger partial charge on any atom is 0.132 e. The van der Waals surface area contributed by atoms with E-state index in [0.29, 0.717) is 0 Å². The highest BCUT2D eigenvalue weighted by atomic mass is 16.5. The minimum atomic E-state index is -0.446. The third kappa shape index (κ3) is 2.75. The first-order valence-corrected chi connectivity index (χ1v) is 12.7. The quantitative estimate of drug-likeness (QED) is 0.270. The minimum Gasteiger partial charge on any atom is -0.457 e. The molecule has 0 bridgehead atoms. The van der Waals surface area contributed by atoms with Crippen molar-refractivity contribution in [2.45, 2.75) is 5.41 Å². The molecule has 1 N–H and O–H groups in total. The van der Waals surface area contributed by atoms with Crippen molar-refractivity contribution in [3.05, 3.63) is 156 Å². The summed E-state index contributed by atoms with van der Waals surface area (Å²) in [6.45, 7) is 0. The molecule has 2 heteroatoms. The molecule has 174 valence electrons. The Morgan fingerprint density at radius 1 is 0.486 bits per heavy atom. The molecule has 0 amide bonds. The van der Waals surface area contributed by atoms with Crippen LogP contribution in [0.25, 0.3) is 21.9 Å². The Bertz CT molecular complexity index is 1810. The summed E-state index contributed by atoms with van der Waals surface area (Å²) in [6, 6.07) is 47.5. The maximum absolute atomic E-state index is 6.45. The van der Waals surface area contributed by atoms with Gasteiger partial charge >= 0.3 is 0 Å². The standard InChI is InChI=1S/C35H23NO/c1-2-11-24-22-25(21-20-23(24)10-1)36-31-17-9-16-30-34(31)26-12-3-4-13-27(26)35(30)28-14-5-7-18-32(28)37-33-19-8-6-15-29(33)35/h1-22,36H. The summed E-state index contributed by atoms with van der Waals surface area (Å²) in [5.41, 5.74) is 9.19. The summed E-state index contributed by atoms with van der Waals surface area (Å²) in [5, 5.41) is 6.24. The zero-order chi connectivity index (χ0) is 24.4. The first kappa shape index (κ1) is 20.4. The van der Waals surface area contributed by atoms with Crippen LogP contribution in [0, 0.1) is 0 Å². The number of hydrogen-bond donors (Lipinski definition) is 1. The Labute approximate surface area is 215 Å². The van der Waals surface area contributed by atoms with Gasteiger partial charge in [0.15, 0.2) is 0 Å². The highest BCUT2D eigenvalue weighted by Gasteiger charge is 2.51. The first-order chi connectivity index (χ1) is 18.3. The Morgan fingerprint density at radius 3 is 1.89 bits per heavy atom. The second-order valence-corrected chi connectivity index (χ2v) is 9.81. The van der Waals surface area contributed by atoms with E-state index in [0.717, 1.165) is 22.9 Å². The van der Waals surface area contributed by atoms with Gasteiger partial charge in [0.1, 0.15) is 11.5 Å². The van der Waals surface area contributed by atoms with E-state index in [1.807, 2.05) is 0 Å². The van der Waals surface area contributed by atoms with Crippen molar-refractivity contribution < 1.29 is 4.74 Å². The molecule has 0 saturated heterocycles. The van der Waals surface area contributed by atoms with E-state index in [9.17, 15) is 0 Å². The predicted molar refractivity (Wildman–Crippen MR) is 151 cm³/mol. The van der Waals surface area contributed by atoms with Crippen molar-refractivity contribution in [1.29, 1.82) is 0 Å². The van der Waals surface area contributed by atoms with Crippen molar-refractivity contribution in [2.24, 2.45) is 0 Å². The fourth-order valence-electron chi connectivity index (χ4n) is 6.43. The molecule has 1 spiro atoms. The van der Waals surface area contributed by atoms with E-state index in [1.54, 1.807) is 0 Å². The van der Waals surface area contributed by atoms with Gasteiger partial charge in [-0.05, 0) is 57.8 Å². The number of ether oxygens (including phenoxy) is 1. The van der Waals surface area contributed by atoms with Gasteiger partial charge in [0.25, 0.3) is 0 Å². The minimum absolute atomic E-state index is 0.446. The third-order valence-electron chi connectivity index (χ3n) is 7.90. The van der Waals surface area contributed by atoms with Gasteiger partial charge < -0.3 is 10.1 Å². The van der Waals surface area contributed by atoms with Crippen LogP contribution in [0.5, 0.6) is 11.5 Å². The SMILES string of the molecule is c1ccc2c(c1)Oc1ccccc1C21c2ccccc2-c2c(Nc3ccc4ccccc4c3)cccc21. The van der Waals surface area contributed by atoms with Crippen LogP contribution < -0.4 is 10.1 Å². The van der Waals surface area contributed by atoms with E-state index < -0.39 is 5.41 Å². The van der Waals surface area contributed by atoms with Crippen LogP contribution in [0.1, 0.15) is 22.3 Å². The summed E-state index contributed by atoms with van der Waals surface area (Å²) in [6.07, 6.45) is 0. The van der Waals surface area contributed by atoms with Gasteiger partial charge in [-0.25, -0.2) is 0 Å². The number of anilines is 2. The molecule has 0 radical (unpaired) electrons. The molecule has 6 aromatic carbocycles. The first-order valence-electron chi connectivity index (χ1n) is 12.7. The van der Waals surface area contributed by atoms with Crippen molar-refractivity contribution in [3.8, 4) is 22.6 Å². The van der Waals surface area contributed by atoms with E-state index >= 15 is 0 Å². The topological polar surface area (TPSA) is 21.3 Å². The number of para-hydroxylation sites is 2. The van der Waals surface area contributed by atoms with Crippen LogP contribution >= 0.6 is 0 Å². The molecule has 0 fully saturated rings. The second kappa shape index (κ2) is 7.59. The molecule has 2 nitrogen and oxygen atoms in total. The Morgan fingerprint density at radius 2 is 1.11 bits per heavy atom. The van der Waals surface area contributed by atoms with Crippen molar-refractivity contribution in [3.63, 3.8) is 0 Å². The van der Waals surface area contributed by atoms with Crippen LogP contribution in [0.4, 0.5) is 11.4 Å². The van der Waals surface area contributed by atoms with Crippen molar-refractivity contribution in [1.82, 2.24) is 0 Å². The van der Waals surface area contributed by atoms with E-state index in [-0.39, 0.29) is 0 Å². The summed E-state index contributed by atoms with van der Waals surface area (Å²) < 4.78 is 6.45. The summed E-state index contributed by atoms with van der Waals surface area (Å²) in [4.78, 5) is 0. The number of rotatable bonds is 2. The zero-order valence-electron chi connectivity index (χ0n) is 20.1. The second-order valence-electron chi connectivity index (χ2n) is 9.81. The summed E-state index contributed by atoms with van der Waals surface area (Å²) >= 11 is 0. The summed E-state index contributed by atoms with van der Waals surface area (Å²) in [5.74, 6) is 1.83. The molecular formula is C35H23NO. The molecule has 1 aliphatic carbocycles. The van der Waals surface area contributed by atoms with Crippen molar-refractivity contribution in [2.75, 3.05) is 5.32 Å². The van der Waals surface area contributed by atoms with Gasteiger partial charge in [-0.1, -0.05) is 103 Å². The Hall–Kier alpha value is -4.82. The number of hydrogen-bond acceptors (Lipinski definition) is 2. The molecule has 0 aromatic heterocycles. The monoisotopic (exact) mass is 473 g/mol. The lowest BCUT2D eigenvalue weighted by Gasteiger charge is -2.39. The predicted octanol–water partition coefficient (Wildman–Crippen LogP) is 9.05. The number of nitrogens with one attached hydrogen (secondary N) is 1. The Balaban J connectivity index is 1.42. The molecule has 2 aliphatic rings. The van der Waals surface area contributed by atoms with Crippen LogP contribution in [-0.4, -0.2) is 0 Å². The third-order valence-corrected chi connectivity index (χ3v) is 7.90. The van der Waals surface area contributed by atoms with E-state index in [1.165, 1.54) is 44.2 Å². The maximum atomic E-state index is 6.45. The highest BCUT2D eigenvalue weighted by molar-refractivity contribution is 5.96. The van der Waals surface area contributed by atoms with Crippen LogP contribution in [-0.2, 0) is 5.41 Å². The van der Waals surface area contributed by atoms with Gasteiger partial charge in [-0.15, -0.1) is 0 Å². The average molecular weight is 474 g/mol. The fraction of sp³-hybridized carbons (Fsp3) is 0.0286. The average Bonchev–Trinajstić information content (AvgIpc) is 3.25.